The summed E-state index contributed by atoms with van der Waals surface area (Å²) in [5.74, 6) is -0.265. The third-order valence-corrected chi connectivity index (χ3v) is 6.00. The first-order valence-corrected chi connectivity index (χ1v) is 10.4. The van der Waals surface area contributed by atoms with Gasteiger partial charge in [0.1, 0.15) is 5.52 Å². The minimum Gasteiger partial charge on any atom is -0.505 e. The summed E-state index contributed by atoms with van der Waals surface area (Å²) < 4.78 is 0. The minimum atomic E-state index is -0.200. The van der Waals surface area contributed by atoms with Crippen LogP contribution >= 0.6 is 11.6 Å². The molecule has 0 bridgehead atoms. The zero-order valence-corrected chi connectivity index (χ0v) is 19.1. The fourth-order valence-electron chi connectivity index (χ4n) is 4.17. The summed E-state index contributed by atoms with van der Waals surface area (Å²) in [4.78, 5) is 18.9. The van der Waals surface area contributed by atoms with E-state index in [1.807, 2.05) is 46.1 Å². The van der Waals surface area contributed by atoms with Crippen molar-refractivity contribution < 1.29 is 9.90 Å². The average molecular weight is 437 g/mol. The van der Waals surface area contributed by atoms with Gasteiger partial charge in [-0.3, -0.25) is 9.78 Å². The molecule has 3 aromatic rings. The number of aromatic hydroxyl groups is 1. The third-order valence-electron chi connectivity index (χ3n) is 5.59. The van der Waals surface area contributed by atoms with E-state index in [4.69, 9.17) is 11.6 Å². The quantitative estimate of drug-likeness (QED) is 0.487. The standard InChI is InChI=1S/C24H25ClN4O2/c1-13-6-7-15(10-19(13)25)8-16-9-17-20(14(2)27-28(3)4)18-12-29(5)24(31)21(18)23(30)22(17)26-11-16/h6-7,9-11,30H,8,12H2,1-5H3/b27-14+. The molecule has 1 amide bonds. The highest BCUT2D eigenvalue weighted by molar-refractivity contribution is 6.31. The van der Waals surface area contributed by atoms with Crippen LogP contribution in [0, 0.1) is 6.92 Å². The number of carbonyl (C=O) groups excluding carboxylic acids is 1. The summed E-state index contributed by atoms with van der Waals surface area (Å²) in [7, 11) is 5.44. The van der Waals surface area contributed by atoms with E-state index in [2.05, 4.69) is 16.2 Å². The van der Waals surface area contributed by atoms with Crippen molar-refractivity contribution in [2.24, 2.45) is 5.10 Å². The molecule has 0 radical (unpaired) electrons. The van der Waals surface area contributed by atoms with Gasteiger partial charge in [-0.2, -0.15) is 5.10 Å². The van der Waals surface area contributed by atoms with Crippen LogP contribution in [0.25, 0.3) is 10.9 Å². The first-order valence-electron chi connectivity index (χ1n) is 10.1. The Kier molecular flexibility index (Phi) is 5.35. The topological polar surface area (TPSA) is 69.0 Å². The van der Waals surface area contributed by atoms with Crippen molar-refractivity contribution in [3.63, 3.8) is 0 Å². The SMILES string of the molecule is C/C(=N\N(C)C)c1c2c(c(O)c3ncc(Cc4ccc(C)c(Cl)c4)cc13)C(=O)N(C)C2. The largest absolute Gasteiger partial charge is 0.505 e. The molecule has 1 aromatic heterocycles. The Morgan fingerprint density at radius 1 is 1.29 bits per heavy atom. The Labute approximate surface area is 186 Å². The molecule has 4 rings (SSSR count). The average Bonchev–Trinajstić information content (AvgIpc) is 2.99. The predicted octanol–water partition coefficient (Wildman–Crippen LogP) is 4.36. The maximum Gasteiger partial charge on any atom is 0.258 e. The van der Waals surface area contributed by atoms with Gasteiger partial charge in [-0.05, 0) is 54.7 Å². The number of amides is 1. The van der Waals surface area contributed by atoms with E-state index in [0.717, 1.165) is 43.9 Å². The molecule has 0 fully saturated rings. The van der Waals surface area contributed by atoms with E-state index in [1.54, 1.807) is 23.2 Å². The van der Waals surface area contributed by atoms with Crippen LogP contribution in [0.2, 0.25) is 5.02 Å². The molecule has 2 aromatic carbocycles. The molecular weight excluding hydrogens is 412 g/mol. The van der Waals surface area contributed by atoms with E-state index >= 15 is 0 Å². The number of aryl methyl sites for hydroxylation is 1. The van der Waals surface area contributed by atoms with Gasteiger partial charge < -0.3 is 15.0 Å². The number of carbonyl (C=O) groups is 1. The molecule has 0 aliphatic carbocycles. The highest BCUT2D eigenvalue weighted by Gasteiger charge is 2.33. The summed E-state index contributed by atoms with van der Waals surface area (Å²) >= 11 is 6.30. The molecule has 0 spiro atoms. The smallest absolute Gasteiger partial charge is 0.258 e. The van der Waals surface area contributed by atoms with Crippen molar-refractivity contribution >= 4 is 34.1 Å². The van der Waals surface area contributed by atoms with Crippen molar-refractivity contribution in [2.75, 3.05) is 21.1 Å². The lowest BCUT2D eigenvalue weighted by molar-refractivity contribution is 0.0814. The number of hydrazone groups is 1. The van der Waals surface area contributed by atoms with Gasteiger partial charge in [-0.1, -0.05) is 23.7 Å². The maximum atomic E-state index is 12.7. The maximum absolute atomic E-state index is 12.7. The monoisotopic (exact) mass is 436 g/mol. The molecule has 31 heavy (non-hydrogen) atoms. The van der Waals surface area contributed by atoms with Gasteiger partial charge in [0.15, 0.2) is 5.75 Å². The molecule has 2 heterocycles. The van der Waals surface area contributed by atoms with Crippen LogP contribution in [0.5, 0.6) is 5.75 Å². The van der Waals surface area contributed by atoms with Crippen molar-refractivity contribution in [1.82, 2.24) is 14.9 Å². The third kappa shape index (κ3) is 3.72. The van der Waals surface area contributed by atoms with Gasteiger partial charge in [0.2, 0.25) is 0 Å². The summed E-state index contributed by atoms with van der Waals surface area (Å²) in [6, 6.07) is 8.06. The van der Waals surface area contributed by atoms with Gasteiger partial charge in [0.25, 0.3) is 5.91 Å². The van der Waals surface area contributed by atoms with E-state index in [0.29, 0.717) is 24.0 Å². The molecule has 0 saturated carbocycles. The van der Waals surface area contributed by atoms with Crippen LogP contribution in [0.1, 0.15) is 45.1 Å². The van der Waals surface area contributed by atoms with Crippen LogP contribution in [-0.2, 0) is 13.0 Å². The summed E-state index contributed by atoms with van der Waals surface area (Å²) in [6.45, 7) is 4.32. The van der Waals surface area contributed by atoms with E-state index in [1.165, 1.54) is 0 Å². The number of aromatic nitrogens is 1. The molecular formula is C24H25ClN4O2. The molecule has 7 heteroatoms. The van der Waals surface area contributed by atoms with Gasteiger partial charge in [-0.25, -0.2) is 0 Å². The second kappa shape index (κ2) is 7.85. The number of pyridine rings is 1. The zero-order chi connectivity index (χ0) is 22.4. The van der Waals surface area contributed by atoms with Gasteiger partial charge in [0.05, 0.1) is 11.3 Å². The van der Waals surface area contributed by atoms with Crippen LogP contribution in [-0.4, -0.2) is 52.8 Å². The van der Waals surface area contributed by atoms with Crippen LogP contribution in [0.4, 0.5) is 0 Å². The number of rotatable bonds is 4. The van der Waals surface area contributed by atoms with Crippen LogP contribution < -0.4 is 0 Å². The molecule has 0 unspecified atom stereocenters. The first-order chi connectivity index (χ1) is 14.7. The first kappa shape index (κ1) is 21.1. The van der Waals surface area contributed by atoms with Crippen LogP contribution in [0.3, 0.4) is 0 Å². The second-order valence-electron chi connectivity index (χ2n) is 8.27. The number of phenols is 1. The molecule has 160 valence electrons. The number of fused-ring (bicyclic) bond motifs is 2. The number of benzene rings is 2. The molecule has 1 N–H and O–H groups in total. The Hall–Kier alpha value is -3.12. The van der Waals surface area contributed by atoms with Crippen molar-refractivity contribution in [2.45, 2.75) is 26.8 Å². The lowest BCUT2D eigenvalue weighted by Crippen LogP contribution is -2.17. The van der Waals surface area contributed by atoms with E-state index in [-0.39, 0.29) is 11.7 Å². The normalized spacial score (nSPS) is 13.8. The zero-order valence-electron chi connectivity index (χ0n) is 18.3. The number of nitrogens with zero attached hydrogens (tertiary/aromatic N) is 4. The molecule has 0 atom stereocenters. The lowest BCUT2D eigenvalue weighted by Gasteiger charge is -2.16. The minimum absolute atomic E-state index is 0.0642. The fourth-order valence-corrected chi connectivity index (χ4v) is 4.37. The van der Waals surface area contributed by atoms with Gasteiger partial charge in [-0.15, -0.1) is 0 Å². The Morgan fingerprint density at radius 2 is 2.03 bits per heavy atom. The lowest BCUT2D eigenvalue weighted by atomic mass is 9.92. The number of halogens is 1. The highest BCUT2D eigenvalue weighted by atomic mass is 35.5. The molecule has 1 aliphatic heterocycles. The van der Waals surface area contributed by atoms with E-state index in [9.17, 15) is 9.90 Å². The molecule has 1 aliphatic rings. The Balaban J connectivity index is 1.93. The van der Waals surface area contributed by atoms with E-state index < -0.39 is 0 Å². The summed E-state index contributed by atoms with van der Waals surface area (Å²) in [6.07, 6.45) is 2.40. The van der Waals surface area contributed by atoms with Crippen molar-refractivity contribution in [3.05, 3.63) is 68.9 Å². The van der Waals surface area contributed by atoms with Crippen molar-refractivity contribution in [3.8, 4) is 5.75 Å². The molecule has 6 nitrogen and oxygen atoms in total. The Morgan fingerprint density at radius 3 is 2.71 bits per heavy atom. The predicted molar refractivity (Wildman–Crippen MR) is 124 cm³/mol. The van der Waals surface area contributed by atoms with Gasteiger partial charge >= 0.3 is 0 Å². The molecule has 0 saturated heterocycles. The highest BCUT2D eigenvalue weighted by Crippen LogP contribution is 2.40. The summed E-state index contributed by atoms with van der Waals surface area (Å²) in [5.41, 5.74) is 6.25. The van der Waals surface area contributed by atoms with Gasteiger partial charge in [0, 0.05) is 49.9 Å². The second-order valence-corrected chi connectivity index (χ2v) is 8.68. The fraction of sp³-hybridized carbons (Fsp3) is 0.292. The number of hydrogen-bond donors (Lipinski definition) is 1. The number of hydrogen-bond acceptors (Lipinski definition) is 5. The van der Waals surface area contributed by atoms with Crippen molar-refractivity contribution in [1.29, 1.82) is 0 Å². The Bertz CT molecular complexity index is 1250. The summed E-state index contributed by atoms with van der Waals surface area (Å²) in [5, 5.41) is 18.8. The number of phenolic OH excluding ortho intramolecular Hbond substituents is 1. The van der Waals surface area contributed by atoms with Crippen LogP contribution in [0.15, 0.2) is 35.6 Å².